The number of nitrogens with zero attached hydrogens (tertiary/aromatic N) is 2. The molecule has 0 aliphatic rings. The van der Waals surface area contributed by atoms with Crippen LogP contribution < -0.4 is 5.73 Å². The minimum Gasteiger partial charge on any atom is -0.480 e. The fourth-order valence-electron chi connectivity index (χ4n) is 2.34. The average molecular weight is 408 g/mol. The van der Waals surface area contributed by atoms with Gasteiger partial charge in [-0.3, -0.25) is 4.79 Å². The molecule has 1 atom stereocenters. The first-order chi connectivity index (χ1) is 10.6. The molecule has 2 heterocycles. The van der Waals surface area contributed by atoms with E-state index >= 15 is 0 Å². The van der Waals surface area contributed by atoms with Crippen molar-refractivity contribution in [1.29, 1.82) is 0 Å². The number of nitrogens with two attached hydrogens (primary N) is 1. The molecule has 0 radical (unpaired) electrons. The van der Waals surface area contributed by atoms with E-state index in [1.165, 1.54) is 0 Å². The maximum Gasteiger partial charge on any atom is 0.320 e. The van der Waals surface area contributed by atoms with E-state index in [4.69, 9.17) is 10.8 Å². The molecule has 0 aliphatic carbocycles. The lowest BCUT2D eigenvalue weighted by Crippen LogP contribution is -2.32. The number of carboxylic acid groups (broad SMARTS) is 1. The Morgan fingerprint density at radius 1 is 1.36 bits per heavy atom. The Kier molecular flexibility index (Phi) is 4.08. The second-order valence-electron chi connectivity index (χ2n) is 4.92. The molecular formula is C15H13IN4O2. The molecule has 4 N–H and O–H groups in total. The second kappa shape index (κ2) is 6.01. The molecule has 2 aromatic heterocycles. The Labute approximate surface area is 139 Å². The molecule has 22 heavy (non-hydrogen) atoms. The van der Waals surface area contributed by atoms with Crippen LogP contribution in [0.25, 0.3) is 22.3 Å². The SMILES string of the molecule is N[C@@H](Cc1c[nH]c2c(-c3ncc(I)cn3)cccc12)C(=O)O. The van der Waals surface area contributed by atoms with E-state index in [2.05, 4.69) is 37.5 Å². The van der Waals surface area contributed by atoms with Gasteiger partial charge in [0.05, 0.1) is 5.52 Å². The summed E-state index contributed by atoms with van der Waals surface area (Å²) in [4.78, 5) is 22.8. The highest BCUT2D eigenvalue weighted by atomic mass is 127. The van der Waals surface area contributed by atoms with Gasteiger partial charge < -0.3 is 15.8 Å². The number of fused-ring (bicyclic) bond motifs is 1. The van der Waals surface area contributed by atoms with Crippen LogP contribution >= 0.6 is 22.6 Å². The Balaban J connectivity index is 2.05. The summed E-state index contributed by atoms with van der Waals surface area (Å²) >= 11 is 2.15. The molecule has 112 valence electrons. The maximum atomic E-state index is 10.9. The molecule has 0 bridgehead atoms. The van der Waals surface area contributed by atoms with Gasteiger partial charge in [0, 0.05) is 39.5 Å². The van der Waals surface area contributed by atoms with Gasteiger partial charge in [-0.15, -0.1) is 0 Å². The van der Waals surface area contributed by atoms with Crippen LogP contribution in [0.3, 0.4) is 0 Å². The van der Waals surface area contributed by atoms with Crippen LogP contribution in [-0.2, 0) is 11.2 Å². The smallest absolute Gasteiger partial charge is 0.320 e. The van der Waals surface area contributed by atoms with E-state index in [9.17, 15) is 4.79 Å². The van der Waals surface area contributed by atoms with Crippen molar-refractivity contribution in [2.45, 2.75) is 12.5 Å². The number of H-pyrrole nitrogens is 1. The number of carbonyl (C=O) groups is 1. The monoisotopic (exact) mass is 408 g/mol. The Morgan fingerprint density at radius 3 is 2.77 bits per heavy atom. The van der Waals surface area contributed by atoms with E-state index in [1.54, 1.807) is 18.6 Å². The molecule has 3 aromatic rings. The topological polar surface area (TPSA) is 105 Å². The van der Waals surface area contributed by atoms with Crippen LogP contribution in [0.5, 0.6) is 0 Å². The number of aromatic nitrogens is 3. The molecule has 0 unspecified atom stereocenters. The van der Waals surface area contributed by atoms with Crippen molar-refractivity contribution in [1.82, 2.24) is 15.0 Å². The highest BCUT2D eigenvalue weighted by Gasteiger charge is 2.16. The molecule has 0 spiro atoms. The highest BCUT2D eigenvalue weighted by Crippen LogP contribution is 2.28. The van der Waals surface area contributed by atoms with Gasteiger partial charge in [0.25, 0.3) is 0 Å². The lowest BCUT2D eigenvalue weighted by atomic mass is 10.0. The van der Waals surface area contributed by atoms with Gasteiger partial charge in [0.1, 0.15) is 6.04 Å². The fourth-order valence-corrected chi connectivity index (χ4v) is 2.62. The van der Waals surface area contributed by atoms with Gasteiger partial charge in [0.15, 0.2) is 5.82 Å². The van der Waals surface area contributed by atoms with Gasteiger partial charge in [-0.1, -0.05) is 12.1 Å². The first-order valence-corrected chi connectivity index (χ1v) is 7.69. The Hall–Kier alpha value is -2.00. The first kappa shape index (κ1) is 14.9. The van der Waals surface area contributed by atoms with Crippen LogP contribution in [0.15, 0.2) is 36.8 Å². The van der Waals surface area contributed by atoms with Gasteiger partial charge in [0.2, 0.25) is 0 Å². The lowest BCUT2D eigenvalue weighted by molar-refractivity contribution is -0.138. The van der Waals surface area contributed by atoms with Crippen molar-refractivity contribution < 1.29 is 9.90 Å². The van der Waals surface area contributed by atoms with Crippen molar-refractivity contribution in [3.63, 3.8) is 0 Å². The Morgan fingerprint density at radius 2 is 2.09 bits per heavy atom. The number of aliphatic carboxylic acids is 1. The summed E-state index contributed by atoms with van der Waals surface area (Å²) in [5.41, 5.74) is 8.26. The van der Waals surface area contributed by atoms with E-state index in [0.717, 1.165) is 25.6 Å². The van der Waals surface area contributed by atoms with Gasteiger partial charge >= 0.3 is 5.97 Å². The van der Waals surface area contributed by atoms with Crippen LogP contribution in [-0.4, -0.2) is 32.1 Å². The van der Waals surface area contributed by atoms with Crippen molar-refractivity contribution >= 4 is 39.5 Å². The quantitative estimate of drug-likeness (QED) is 0.574. The predicted octanol–water partition coefficient (Wildman–Crippen LogP) is 2.18. The Bertz CT molecular complexity index is 829. The fraction of sp³-hybridized carbons (Fsp3) is 0.133. The zero-order valence-electron chi connectivity index (χ0n) is 11.5. The maximum absolute atomic E-state index is 10.9. The molecule has 0 amide bonds. The van der Waals surface area contributed by atoms with Crippen molar-refractivity contribution in [2.75, 3.05) is 0 Å². The molecule has 0 saturated heterocycles. The largest absolute Gasteiger partial charge is 0.480 e. The number of hydrogen-bond donors (Lipinski definition) is 3. The molecule has 3 rings (SSSR count). The van der Waals surface area contributed by atoms with Crippen molar-refractivity contribution in [3.05, 3.63) is 45.9 Å². The molecular weight excluding hydrogens is 395 g/mol. The standard InChI is InChI=1S/C15H13IN4O2/c16-9-6-19-14(20-7-9)11-3-1-2-10-8(5-18-13(10)11)4-12(17)15(21)22/h1-3,5-7,12,18H,4,17H2,(H,21,22)/t12-/m0/s1. The number of benzene rings is 1. The molecule has 6 nitrogen and oxygen atoms in total. The number of nitrogens with one attached hydrogen (secondary N) is 1. The van der Waals surface area contributed by atoms with Crippen LogP contribution in [0.1, 0.15) is 5.56 Å². The average Bonchev–Trinajstić information content (AvgIpc) is 2.91. The third-order valence-electron chi connectivity index (χ3n) is 3.42. The van der Waals surface area contributed by atoms with Gasteiger partial charge in [-0.2, -0.15) is 0 Å². The summed E-state index contributed by atoms with van der Waals surface area (Å²) in [5, 5.41) is 9.90. The third-order valence-corrected chi connectivity index (χ3v) is 3.98. The number of rotatable bonds is 4. The van der Waals surface area contributed by atoms with Crippen LogP contribution in [0, 0.1) is 3.57 Å². The zero-order chi connectivity index (χ0) is 15.7. The summed E-state index contributed by atoms with van der Waals surface area (Å²) < 4.78 is 0.966. The number of hydrogen-bond acceptors (Lipinski definition) is 4. The van der Waals surface area contributed by atoms with E-state index < -0.39 is 12.0 Å². The van der Waals surface area contributed by atoms with Crippen molar-refractivity contribution in [3.8, 4) is 11.4 Å². The molecule has 0 saturated carbocycles. The number of carboxylic acids is 1. The normalized spacial score (nSPS) is 12.5. The van der Waals surface area contributed by atoms with E-state index in [0.29, 0.717) is 5.82 Å². The first-order valence-electron chi connectivity index (χ1n) is 6.61. The zero-order valence-corrected chi connectivity index (χ0v) is 13.6. The van der Waals surface area contributed by atoms with Gasteiger partial charge in [-0.25, -0.2) is 9.97 Å². The summed E-state index contributed by atoms with van der Waals surface area (Å²) in [7, 11) is 0. The van der Waals surface area contributed by atoms with Crippen molar-refractivity contribution in [2.24, 2.45) is 5.73 Å². The summed E-state index contributed by atoms with van der Waals surface area (Å²) in [6, 6.07) is 4.86. The predicted molar refractivity (Wildman–Crippen MR) is 91.4 cm³/mol. The summed E-state index contributed by atoms with van der Waals surface area (Å²) in [6.07, 6.45) is 5.58. The van der Waals surface area contributed by atoms with Gasteiger partial charge in [-0.05, 0) is 34.2 Å². The van der Waals surface area contributed by atoms with Crippen LogP contribution in [0.4, 0.5) is 0 Å². The molecule has 7 heteroatoms. The highest BCUT2D eigenvalue weighted by molar-refractivity contribution is 14.1. The number of aromatic amines is 1. The summed E-state index contributed by atoms with van der Waals surface area (Å²) in [5.74, 6) is -0.381. The molecule has 0 aliphatic heterocycles. The van der Waals surface area contributed by atoms with Crippen LogP contribution in [0.2, 0.25) is 0 Å². The van der Waals surface area contributed by atoms with E-state index in [1.807, 2.05) is 18.2 Å². The minimum absolute atomic E-state index is 0.270. The number of halogens is 1. The molecule has 0 fully saturated rings. The summed E-state index contributed by atoms with van der Waals surface area (Å²) in [6.45, 7) is 0. The minimum atomic E-state index is -1.01. The molecule has 1 aromatic carbocycles. The lowest BCUT2D eigenvalue weighted by Gasteiger charge is -2.06. The second-order valence-corrected chi connectivity index (χ2v) is 6.16. The van der Waals surface area contributed by atoms with E-state index in [-0.39, 0.29) is 6.42 Å². The number of para-hydroxylation sites is 1. The third kappa shape index (κ3) is 2.81.